The molecule has 234 valence electrons. The summed E-state index contributed by atoms with van der Waals surface area (Å²) in [6, 6.07) is 67.4. The van der Waals surface area contributed by atoms with Gasteiger partial charge in [0.25, 0.3) is 0 Å². The number of benzene rings is 9. The van der Waals surface area contributed by atoms with Crippen molar-refractivity contribution in [1.82, 2.24) is 0 Å². The quantitative estimate of drug-likeness (QED) is 0.175. The van der Waals surface area contributed by atoms with E-state index in [1.165, 1.54) is 38.1 Å². The molecule has 10 aromatic rings. The fraction of sp³-hybridized carbons (Fsp3) is 0. The van der Waals surface area contributed by atoms with E-state index in [-0.39, 0.29) is 0 Å². The first-order chi connectivity index (χ1) is 24.8. The summed E-state index contributed by atoms with van der Waals surface area (Å²) < 4.78 is 6.52. The molecule has 0 radical (unpaired) electrons. The first kappa shape index (κ1) is 28.4. The first-order valence-corrected chi connectivity index (χ1v) is 17.1. The van der Waals surface area contributed by atoms with Gasteiger partial charge in [0.15, 0.2) is 0 Å². The van der Waals surface area contributed by atoms with Crippen molar-refractivity contribution in [3.8, 4) is 22.3 Å². The Balaban J connectivity index is 1.06. The second kappa shape index (κ2) is 11.5. The van der Waals surface area contributed by atoms with Crippen LogP contribution in [-0.2, 0) is 0 Å². The van der Waals surface area contributed by atoms with Crippen LogP contribution in [0.1, 0.15) is 0 Å². The van der Waals surface area contributed by atoms with Gasteiger partial charge in [-0.2, -0.15) is 0 Å². The summed E-state index contributed by atoms with van der Waals surface area (Å²) in [4.78, 5) is 2.33. The van der Waals surface area contributed by atoms with Crippen molar-refractivity contribution in [3.63, 3.8) is 0 Å². The van der Waals surface area contributed by atoms with E-state index in [2.05, 4.69) is 193 Å². The third-order valence-electron chi connectivity index (χ3n) is 10.0. The van der Waals surface area contributed by atoms with Crippen LogP contribution in [0, 0.1) is 0 Å². The lowest BCUT2D eigenvalue weighted by Gasteiger charge is -2.26. The maximum Gasteiger partial charge on any atom is 0.143 e. The van der Waals surface area contributed by atoms with E-state index in [0.29, 0.717) is 0 Å². The summed E-state index contributed by atoms with van der Waals surface area (Å²) in [5.41, 5.74) is 9.84. The molecule has 0 saturated heterocycles. The van der Waals surface area contributed by atoms with E-state index < -0.39 is 0 Å². The number of para-hydroxylation sites is 1. The topological polar surface area (TPSA) is 16.4 Å². The molecule has 1 heterocycles. The van der Waals surface area contributed by atoms with Crippen molar-refractivity contribution >= 4 is 71.3 Å². The second-order valence-electron chi connectivity index (χ2n) is 12.9. The lowest BCUT2D eigenvalue weighted by atomic mass is 9.97. The predicted molar refractivity (Wildman–Crippen MR) is 212 cm³/mol. The van der Waals surface area contributed by atoms with Crippen LogP contribution in [0.4, 0.5) is 17.1 Å². The number of nitrogens with zero attached hydrogens (tertiary/aromatic N) is 1. The Morgan fingerprint density at radius 2 is 0.960 bits per heavy atom. The molecule has 50 heavy (non-hydrogen) atoms. The average molecular weight is 638 g/mol. The van der Waals surface area contributed by atoms with E-state index in [1.807, 2.05) is 0 Å². The Labute approximate surface area is 290 Å². The number of fused-ring (bicyclic) bond motifs is 8. The Hall–Kier alpha value is -6.64. The SMILES string of the molecule is c1ccc(N(c2ccc(-c3ccc4c(ccc5ccccc54)c3)cc2)c2cccc(-c3cccc4oc5c6ccccc6ccc5c34)c2)cc1. The molecule has 0 fully saturated rings. The fourth-order valence-corrected chi connectivity index (χ4v) is 7.63. The van der Waals surface area contributed by atoms with Crippen LogP contribution < -0.4 is 4.90 Å². The highest BCUT2D eigenvalue weighted by atomic mass is 16.3. The summed E-state index contributed by atoms with van der Waals surface area (Å²) in [6.45, 7) is 0. The van der Waals surface area contributed by atoms with Crippen LogP contribution in [0.3, 0.4) is 0 Å². The van der Waals surface area contributed by atoms with Crippen LogP contribution in [0.15, 0.2) is 192 Å². The number of hydrogen-bond donors (Lipinski definition) is 0. The molecule has 0 aliphatic heterocycles. The Morgan fingerprint density at radius 1 is 0.340 bits per heavy atom. The number of rotatable bonds is 5. The molecule has 10 rings (SSSR count). The van der Waals surface area contributed by atoms with Gasteiger partial charge in [-0.25, -0.2) is 0 Å². The lowest BCUT2D eigenvalue weighted by Crippen LogP contribution is -2.09. The maximum absolute atomic E-state index is 6.52. The van der Waals surface area contributed by atoms with Crippen molar-refractivity contribution in [2.24, 2.45) is 0 Å². The molecule has 9 aromatic carbocycles. The van der Waals surface area contributed by atoms with Gasteiger partial charge in [0.2, 0.25) is 0 Å². The molecule has 0 amide bonds. The van der Waals surface area contributed by atoms with Crippen molar-refractivity contribution in [3.05, 3.63) is 188 Å². The van der Waals surface area contributed by atoms with E-state index in [4.69, 9.17) is 4.42 Å². The van der Waals surface area contributed by atoms with Gasteiger partial charge in [-0.3, -0.25) is 0 Å². The molecule has 0 bridgehead atoms. The zero-order valence-corrected chi connectivity index (χ0v) is 27.3. The standard InChI is InChI=1S/C48H31NO/c1-2-13-38(14-3-1)49(39-26-22-32(23-27-39)35-25-28-42-37(30-35)21-20-33-10-4-6-16-41(33)42)40-15-8-12-36(31-40)43-18-9-19-46-47(43)45-29-24-34-11-5-7-17-44(34)48(45)50-46/h1-31H. The molecule has 2 heteroatoms. The smallest absolute Gasteiger partial charge is 0.143 e. The largest absolute Gasteiger partial charge is 0.455 e. The summed E-state index contributed by atoms with van der Waals surface area (Å²) in [7, 11) is 0. The molecule has 2 nitrogen and oxygen atoms in total. The van der Waals surface area contributed by atoms with Crippen molar-refractivity contribution < 1.29 is 4.42 Å². The van der Waals surface area contributed by atoms with Crippen LogP contribution >= 0.6 is 0 Å². The number of furan rings is 1. The van der Waals surface area contributed by atoms with Gasteiger partial charge in [-0.15, -0.1) is 0 Å². The molecule has 0 spiro atoms. The Morgan fingerprint density at radius 3 is 1.82 bits per heavy atom. The van der Waals surface area contributed by atoms with Crippen LogP contribution in [0.25, 0.3) is 76.5 Å². The van der Waals surface area contributed by atoms with Gasteiger partial charge in [-0.1, -0.05) is 133 Å². The molecule has 0 aliphatic carbocycles. The van der Waals surface area contributed by atoms with Gasteiger partial charge in [0, 0.05) is 33.2 Å². The number of anilines is 3. The highest BCUT2D eigenvalue weighted by molar-refractivity contribution is 6.19. The van der Waals surface area contributed by atoms with Crippen LogP contribution in [0.2, 0.25) is 0 Å². The minimum absolute atomic E-state index is 0.900. The Kier molecular flexibility index (Phi) is 6.53. The summed E-state index contributed by atoms with van der Waals surface area (Å²) in [5.74, 6) is 0. The van der Waals surface area contributed by atoms with Gasteiger partial charge < -0.3 is 9.32 Å². The van der Waals surface area contributed by atoms with Gasteiger partial charge in [0.1, 0.15) is 11.2 Å². The van der Waals surface area contributed by atoms with E-state index in [1.54, 1.807) is 0 Å². The van der Waals surface area contributed by atoms with Gasteiger partial charge >= 0.3 is 0 Å². The minimum Gasteiger partial charge on any atom is -0.455 e. The minimum atomic E-state index is 0.900. The molecular formula is C48H31NO. The van der Waals surface area contributed by atoms with E-state index in [9.17, 15) is 0 Å². The molecule has 0 saturated carbocycles. The third-order valence-corrected chi connectivity index (χ3v) is 10.0. The fourth-order valence-electron chi connectivity index (χ4n) is 7.63. The summed E-state index contributed by atoms with van der Waals surface area (Å²) in [6.07, 6.45) is 0. The van der Waals surface area contributed by atoms with Crippen LogP contribution in [0.5, 0.6) is 0 Å². The van der Waals surface area contributed by atoms with Gasteiger partial charge in [0.05, 0.1) is 0 Å². The van der Waals surface area contributed by atoms with E-state index >= 15 is 0 Å². The first-order valence-electron chi connectivity index (χ1n) is 17.1. The van der Waals surface area contributed by atoms with Gasteiger partial charge in [-0.05, 0) is 104 Å². The predicted octanol–water partition coefficient (Wildman–Crippen LogP) is 13.8. The average Bonchev–Trinajstić information content (AvgIpc) is 3.58. The highest BCUT2D eigenvalue weighted by Gasteiger charge is 2.17. The normalized spacial score (nSPS) is 11.6. The summed E-state index contributed by atoms with van der Waals surface area (Å²) >= 11 is 0. The molecule has 0 unspecified atom stereocenters. The van der Waals surface area contributed by atoms with E-state index in [0.717, 1.165) is 55.5 Å². The maximum atomic E-state index is 6.52. The number of hydrogen-bond acceptors (Lipinski definition) is 2. The molecule has 0 atom stereocenters. The molecular weight excluding hydrogens is 607 g/mol. The lowest BCUT2D eigenvalue weighted by molar-refractivity contribution is 0.673. The van der Waals surface area contributed by atoms with Crippen molar-refractivity contribution in [2.75, 3.05) is 4.90 Å². The summed E-state index contributed by atoms with van der Waals surface area (Å²) in [5, 5.41) is 9.69. The van der Waals surface area contributed by atoms with Crippen molar-refractivity contribution in [1.29, 1.82) is 0 Å². The Bertz CT molecular complexity index is 2870. The highest BCUT2D eigenvalue weighted by Crippen LogP contribution is 2.42. The monoisotopic (exact) mass is 637 g/mol. The zero-order chi connectivity index (χ0) is 33.0. The third kappa shape index (κ3) is 4.65. The van der Waals surface area contributed by atoms with Crippen LogP contribution in [-0.4, -0.2) is 0 Å². The molecule has 1 aromatic heterocycles. The zero-order valence-electron chi connectivity index (χ0n) is 27.3. The molecule has 0 N–H and O–H groups in total. The second-order valence-corrected chi connectivity index (χ2v) is 12.9. The molecule has 0 aliphatic rings. The van der Waals surface area contributed by atoms with Crippen molar-refractivity contribution in [2.45, 2.75) is 0 Å².